The molecule has 4 bridgehead atoms. The molecule has 6 atom stereocenters. The summed E-state index contributed by atoms with van der Waals surface area (Å²) in [7, 11) is -2.79. The average Bonchev–Trinajstić information content (AvgIpc) is 2.83. The second-order valence-electron chi connectivity index (χ2n) is 10.9. The van der Waals surface area contributed by atoms with Crippen molar-refractivity contribution in [2.75, 3.05) is 7.04 Å². The average molecular weight is 496 g/mol. The van der Waals surface area contributed by atoms with Gasteiger partial charge in [0, 0.05) is 12.6 Å². The molecule has 1 aromatic rings. The van der Waals surface area contributed by atoms with Gasteiger partial charge in [0.2, 0.25) is 12.6 Å². The molecular weight excluding hydrogens is 460 g/mol. The molecule has 4 saturated carbocycles. The Bertz CT molecular complexity index is 1050. The molecule has 0 amide bonds. The maximum atomic E-state index is 10.9. The Morgan fingerprint density at radius 1 is 1.11 bits per heavy atom. The van der Waals surface area contributed by atoms with E-state index in [1.54, 1.807) is 18.2 Å². The molecule has 6 fully saturated rings. The summed E-state index contributed by atoms with van der Waals surface area (Å²) < 4.78 is 45.6. The summed E-state index contributed by atoms with van der Waals surface area (Å²) in [6.45, 7) is 1.20. The first-order valence-electron chi connectivity index (χ1n) is 13.6. The molecule has 10 heteroatoms. The molecule has 2 heterocycles. The van der Waals surface area contributed by atoms with Crippen LogP contribution < -0.4 is 4.74 Å². The van der Waals surface area contributed by atoms with E-state index < -0.39 is 48.8 Å². The van der Waals surface area contributed by atoms with Crippen LogP contribution in [-0.2, 0) is 34.6 Å². The molecule has 2 saturated heterocycles. The zero-order chi connectivity index (χ0) is 27.1. The number of carbonyl (C=O) groups is 1. The van der Waals surface area contributed by atoms with Crippen LogP contribution in [0, 0.1) is 23.7 Å². The first-order valence-corrected chi connectivity index (χ1v) is 12.1. The lowest BCUT2D eigenvalue weighted by Crippen LogP contribution is -2.76. The SMILES string of the molecule is [2H]C([2H])([2H])OC1(c2cccc(O[C@@H]3OC(OC=O)C(C)(O)C(O)C3O)c2)OOC12C1CC3CC(C1)CC2C3. The Balaban J connectivity index is 1.33. The van der Waals surface area contributed by atoms with E-state index in [0.29, 0.717) is 17.4 Å². The summed E-state index contributed by atoms with van der Waals surface area (Å²) in [5.41, 5.74) is -2.70. The molecule has 0 aromatic heterocycles. The topological polar surface area (TPSA) is 133 Å². The van der Waals surface area contributed by atoms with E-state index in [1.165, 1.54) is 12.5 Å². The Hall–Kier alpha value is -1.79. The van der Waals surface area contributed by atoms with Crippen molar-refractivity contribution in [3.8, 4) is 5.75 Å². The van der Waals surface area contributed by atoms with E-state index in [0.717, 1.165) is 32.6 Å². The van der Waals surface area contributed by atoms with Gasteiger partial charge in [0.05, 0.1) is 4.11 Å². The smallest absolute Gasteiger partial charge is 0.295 e. The van der Waals surface area contributed by atoms with Crippen LogP contribution in [0.3, 0.4) is 0 Å². The van der Waals surface area contributed by atoms with Gasteiger partial charge in [0.1, 0.15) is 18.0 Å². The van der Waals surface area contributed by atoms with Crippen molar-refractivity contribution in [3.05, 3.63) is 29.8 Å². The lowest BCUT2D eigenvalue weighted by Gasteiger charge is -2.68. The number of rotatable bonds is 6. The summed E-state index contributed by atoms with van der Waals surface area (Å²) in [6, 6.07) is 6.35. The van der Waals surface area contributed by atoms with Crippen LogP contribution in [0.5, 0.6) is 5.75 Å². The number of carbonyl (C=O) groups excluding carboxylic acids is 1. The number of aliphatic hydroxyl groups is 3. The quantitative estimate of drug-likeness (QED) is 0.392. The van der Waals surface area contributed by atoms with Crippen molar-refractivity contribution in [3.63, 3.8) is 0 Å². The van der Waals surface area contributed by atoms with Crippen molar-refractivity contribution < 1.29 is 52.9 Å². The lowest BCUT2D eigenvalue weighted by atomic mass is 9.47. The molecule has 6 aliphatic rings. The molecule has 192 valence electrons. The number of hydrogen-bond acceptors (Lipinski definition) is 10. The highest BCUT2D eigenvalue weighted by molar-refractivity contribution is 5.38. The summed E-state index contributed by atoms with van der Waals surface area (Å²) >= 11 is 0. The van der Waals surface area contributed by atoms with Crippen LogP contribution in [-0.4, -0.2) is 64.8 Å². The minimum atomic E-state index is -2.79. The molecule has 1 aromatic carbocycles. The van der Waals surface area contributed by atoms with Crippen LogP contribution in [0.1, 0.15) is 48.7 Å². The van der Waals surface area contributed by atoms with Crippen molar-refractivity contribution in [1.82, 2.24) is 0 Å². The van der Waals surface area contributed by atoms with Crippen molar-refractivity contribution in [2.24, 2.45) is 23.7 Å². The maximum absolute atomic E-state index is 10.9. The standard InChI is InChI=1S/C25H32O10/c1-23(29)20(28)19(27)21(33-22(23)31-12-26)32-18-5-3-4-15(11-18)25(30-2)24(34-35-25)16-7-13-6-14(9-16)10-17(24)8-13/h3-5,11-14,16-17,19-22,27-29H,6-10H2,1-2H3/t13?,14?,16?,17?,19?,20?,21-,22?,23?,24?,25?/m1/s1/i2D3. The molecule has 5 unspecified atom stereocenters. The number of benzene rings is 1. The van der Waals surface area contributed by atoms with E-state index in [9.17, 15) is 20.1 Å². The second-order valence-corrected chi connectivity index (χ2v) is 10.9. The molecule has 3 N–H and O–H groups in total. The predicted octanol–water partition coefficient (Wildman–Crippen LogP) is 1.35. The highest BCUT2D eigenvalue weighted by Gasteiger charge is 2.76. The third-order valence-electron chi connectivity index (χ3n) is 8.89. The van der Waals surface area contributed by atoms with Gasteiger partial charge in [-0.1, -0.05) is 12.1 Å². The largest absolute Gasteiger partial charge is 0.462 e. The number of methoxy groups -OCH3 is 1. The van der Waals surface area contributed by atoms with Crippen LogP contribution in [0.25, 0.3) is 0 Å². The fraction of sp³-hybridized carbons (Fsp3) is 0.720. The van der Waals surface area contributed by atoms with E-state index >= 15 is 0 Å². The predicted molar refractivity (Wildman–Crippen MR) is 116 cm³/mol. The summed E-state index contributed by atoms with van der Waals surface area (Å²) in [5, 5.41) is 31.4. The molecule has 2 aliphatic heterocycles. The van der Waals surface area contributed by atoms with E-state index in [4.69, 9.17) is 32.8 Å². The number of aliphatic hydroxyl groups excluding tert-OH is 2. The van der Waals surface area contributed by atoms with Crippen molar-refractivity contribution in [1.29, 1.82) is 0 Å². The first kappa shape index (κ1) is 20.3. The molecule has 4 aliphatic carbocycles. The first-order chi connectivity index (χ1) is 17.9. The van der Waals surface area contributed by atoms with Crippen LogP contribution in [0.4, 0.5) is 0 Å². The van der Waals surface area contributed by atoms with Crippen LogP contribution in [0.2, 0.25) is 0 Å². The Labute approximate surface area is 207 Å². The van der Waals surface area contributed by atoms with Gasteiger partial charge >= 0.3 is 0 Å². The van der Waals surface area contributed by atoms with E-state index in [2.05, 4.69) is 0 Å². The van der Waals surface area contributed by atoms with Crippen LogP contribution >= 0.6 is 0 Å². The fourth-order valence-corrected chi connectivity index (χ4v) is 7.40. The van der Waals surface area contributed by atoms with Crippen molar-refractivity contribution >= 4 is 6.47 Å². The Morgan fingerprint density at radius 3 is 2.43 bits per heavy atom. The summed E-state index contributed by atoms with van der Waals surface area (Å²) in [5.74, 6) is -0.264. The van der Waals surface area contributed by atoms with Crippen LogP contribution in [0.15, 0.2) is 24.3 Å². The molecule has 1 spiro atoms. The monoisotopic (exact) mass is 495 g/mol. The van der Waals surface area contributed by atoms with E-state index in [-0.39, 0.29) is 24.1 Å². The third-order valence-corrected chi connectivity index (χ3v) is 8.89. The highest BCUT2D eigenvalue weighted by atomic mass is 17.3. The minimum absolute atomic E-state index is 0.0511. The van der Waals surface area contributed by atoms with Gasteiger partial charge in [-0.3, -0.25) is 9.53 Å². The van der Waals surface area contributed by atoms with Gasteiger partial charge in [0.15, 0.2) is 11.2 Å². The molecule has 10 nitrogen and oxygen atoms in total. The second kappa shape index (κ2) is 8.11. The lowest BCUT2D eigenvalue weighted by molar-refractivity contribution is -0.645. The third kappa shape index (κ3) is 3.18. The van der Waals surface area contributed by atoms with Gasteiger partial charge < -0.3 is 29.5 Å². The summed E-state index contributed by atoms with van der Waals surface area (Å²) in [6.07, 6.45) is -1.76. The van der Waals surface area contributed by atoms with Gasteiger partial charge in [-0.15, -0.1) is 0 Å². The molecule has 0 radical (unpaired) electrons. The minimum Gasteiger partial charge on any atom is -0.462 e. The highest BCUT2D eigenvalue weighted by Crippen LogP contribution is 2.69. The normalized spacial score (nSPS) is 51.7. The van der Waals surface area contributed by atoms with Gasteiger partial charge in [-0.25, -0.2) is 4.89 Å². The number of ether oxygens (including phenoxy) is 4. The maximum Gasteiger partial charge on any atom is 0.295 e. The van der Waals surface area contributed by atoms with Gasteiger partial charge in [-0.05, 0) is 74.8 Å². The number of hydrogen-bond donors (Lipinski definition) is 3. The zero-order valence-electron chi connectivity index (χ0n) is 22.2. The fourth-order valence-electron chi connectivity index (χ4n) is 7.40. The van der Waals surface area contributed by atoms with Gasteiger partial charge in [-0.2, -0.15) is 4.89 Å². The summed E-state index contributed by atoms with van der Waals surface area (Å²) in [4.78, 5) is 22.5. The molecule has 35 heavy (non-hydrogen) atoms. The van der Waals surface area contributed by atoms with E-state index in [1.807, 2.05) is 0 Å². The zero-order valence-corrected chi connectivity index (χ0v) is 19.2. The molecule has 7 rings (SSSR count). The van der Waals surface area contributed by atoms with Gasteiger partial charge in [0.25, 0.3) is 12.3 Å². The Kier molecular flexibility index (Phi) is 4.70. The van der Waals surface area contributed by atoms with Crippen molar-refractivity contribution in [2.45, 2.75) is 80.8 Å². The Morgan fingerprint density at radius 2 is 1.83 bits per heavy atom. The molecular formula is C25H32O10.